The van der Waals surface area contributed by atoms with Gasteiger partial charge in [0.25, 0.3) is 5.56 Å². The first-order valence-corrected chi connectivity index (χ1v) is 7.51. The lowest BCUT2D eigenvalue weighted by atomic mass is 10.2. The normalized spacial score (nSPS) is 11.2. The van der Waals surface area contributed by atoms with Gasteiger partial charge in [0, 0.05) is 30.4 Å². The van der Waals surface area contributed by atoms with Crippen LogP contribution in [0.1, 0.15) is 25.5 Å². The number of anilines is 1. The van der Waals surface area contributed by atoms with Gasteiger partial charge in [-0.05, 0) is 26.0 Å². The minimum Gasteiger partial charge on any atom is -0.361 e. The topological polar surface area (TPSA) is 59.8 Å². The van der Waals surface area contributed by atoms with Crippen LogP contribution in [-0.2, 0) is 6.54 Å². The molecule has 1 aromatic carbocycles. The molecular formula is C17H16F2N4O. The van der Waals surface area contributed by atoms with Gasteiger partial charge in [-0.3, -0.25) is 14.3 Å². The van der Waals surface area contributed by atoms with Crippen LogP contribution in [0.3, 0.4) is 0 Å². The van der Waals surface area contributed by atoms with Crippen LogP contribution in [0.2, 0.25) is 0 Å². The average Bonchev–Trinajstić information content (AvgIpc) is 2.53. The minimum atomic E-state index is -0.670. The van der Waals surface area contributed by atoms with Crippen molar-refractivity contribution in [2.24, 2.45) is 0 Å². The molecule has 0 fully saturated rings. The van der Waals surface area contributed by atoms with E-state index < -0.39 is 11.6 Å². The van der Waals surface area contributed by atoms with Gasteiger partial charge in [-0.25, -0.2) is 13.8 Å². The van der Waals surface area contributed by atoms with E-state index in [1.165, 1.54) is 12.1 Å². The van der Waals surface area contributed by atoms with Gasteiger partial charge < -0.3 is 5.32 Å². The summed E-state index contributed by atoms with van der Waals surface area (Å²) in [5.41, 5.74) is 1.19. The average molecular weight is 330 g/mol. The molecule has 5 nitrogen and oxygen atoms in total. The number of nitrogens with one attached hydrogen (secondary N) is 1. The summed E-state index contributed by atoms with van der Waals surface area (Å²) in [6.07, 6.45) is 3.18. The van der Waals surface area contributed by atoms with Crippen molar-refractivity contribution in [3.05, 3.63) is 64.2 Å². The minimum absolute atomic E-state index is 0.0308. The van der Waals surface area contributed by atoms with Crippen molar-refractivity contribution in [1.29, 1.82) is 0 Å². The predicted molar refractivity (Wildman–Crippen MR) is 87.9 cm³/mol. The first kappa shape index (κ1) is 16.0. The number of aromatic nitrogens is 3. The molecule has 3 rings (SSSR count). The highest BCUT2D eigenvalue weighted by Crippen LogP contribution is 2.16. The zero-order valence-corrected chi connectivity index (χ0v) is 13.3. The lowest BCUT2D eigenvalue weighted by molar-refractivity contribution is 0.573. The van der Waals surface area contributed by atoms with Gasteiger partial charge in [-0.1, -0.05) is 6.07 Å². The van der Waals surface area contributed by atoms with Crippen LogP contribution < -0.4 is 10.9 Å². The molecule has 0 atom stereocenters. The summed E-state index contributed by atoms with van der Waals surface area (Å²) >= 11 is 0. The SMILES string of the molecule is CC(C)n1c(=O)c(NCc2ccc(F)cc2F)nc2ccncc21. The standard InChI is InChI=1S/C17H16F2N4O/c1-10(2)23-15-9-20-6-5-14(15)22-16(17(23)24)21-8-11-3-4-12(18)7-13(11)19/h3-7,9-10H,8H2,1-2H3,(H,21,22). The Kier molecular flexibility index (Phi) is 4.24. The van der Waals surface area contributed by atoms with Crippen molar-refractivity contribution in [3.8, 4) is 0 Å². The van der Waals surface area contributed by atoms with Gasteiger partial charge in [-0.15, -0.1) is 0 Å². The van der Waals surface area contributed by atoms with Gasteiger partial charge in [0.1, 0.15) is 11.6 Å². The number of benzene rings is 1. The Morgan fingerprint density at radius 2 is 2.04 bits per heavy atom. The fourth-order valence-electron chi connectivity index (χ4n) is 2.52. The van der Waals surface area contributed by atoms with E-state index in [1.54, 1.807) is 23.0 Å². The monoisotopic (exact) mass is 330 g/mol. The molecule has 0 spiro atoms. The second kappa shape index (κ2) is 6.35. The molecule has 7 heteroatoms. The summed E-state index contributed by atoms with van der Waals surface area (Å²) in [6, 6.07) is 4.94. The van der Waals surface area contributed by atoms with E-state index in [9.17, 15) is 13.6 Å². The molecule has 2 heterocycles. The maximum Gasteiger partial charge on any atom is 0.294 e. The van der Waals surface area contributed by atoms with Crippen molar-refractivity contribution >= 4 is 16.9 Å². The molecule has 0 saturated heterocycles. The van der Waals surface area contributed by atoms with Gasteiger partial charge in [0.2, 0.25) is 0 Å². The number of halogens is 2. The highest BCUT2D eigenvalue weighted by Gasteiger charge is 2.14. The molecule has 0 radical (unpaired) electrons. The number of hydrogen-bond acceptors (Lipinski definition) is 4. The first-order valence-electron chi connectivity index (χ1n) is 7.51. The fourth-order valence-corrected chi connectivity index (χ4v) is 2.52. The molecule has 2 aromatic heterocycles. The van der Waals surface area contributed by atoms with Gasteiger partial charge in [0.05, 0.1) is 17.2 Å². The molecule has 24 heavy (non-hydrogen) atoms. The molecule has 1 N–H and O–H groups in total. The maximum absolute atomic E-state index is 13.7. The third kappa shape index (κ3) is 2.97. The molecule has 0 bridgehead atoms. The van der Waals surface area contributed by atoms with Crippen molar-refractivity contribution in [2.75, 3.05) is 5.32 Å². The molecule has 0 aliphatic heterocycles. The lowest BCUT2D eigenvalue weighted by Crippen LogP contribution is -2.27. The third-order valence-corrected chi connectivity index (χ3v) is 3.67. The number of fused-ring (bicyclic) bond motifs is 1. The van der Waals surface area contributed by atoms with Crippen molar-refractivity contribution in [3.63, 3.8) is 0 Å². The largest absolute Gasteiger partial charge is 0.361 e. The molecule has 3 aromatic rings. The van der Waals surface area contributed by atoms with Crippen LogP contribution >= 0.6 is 0 Å². The smallest absolute Gasteiger partial charge is 0.294 e. The summed E-state index contributed by atoms with van der Waals surface area (Å²) in [7, 11) is 0. The Morgan fingerprint density at radius 3 is 2.75 bits per heavy atom. The van der Waals surface area contributed by atoms with Crippen LogP contribution in [0.4, 0.5) is 14.6 Å². The number of hydrogen-bond donors (Lipinski definition) is 1. The van der Waals surface area contributed by atoms with E-state index in [4.69, 9.17) is 0 Å². The van der Waals surface area contributed by atoms with Crippen LogP contribution in [0.15, 0.2) is 41.5 Å². The second-order valence-corrected chi connectivity index (χ2v) is 5.68. The molecule has 0 aliphatic rings. The molecule has 0 aliphatic carbocycles. The third-order valence-electron chi connectivity index (χ3n) is 3.67. The van der Waals surface area contributed by atoms with E-state index in [0.29, 0.717) is 11.0 Å². The fraction of sp³-hybridized carbons (Fsp3) is 0.235. The highest BCUT2D eigenvalue weighted by atomic mass is 19.1. The van der Waals surface area contributed by atoms with Crippen LogP contribution in [0, 0.1) is 11.6 Å². The van der Waals surface area contributed by atoms with Crippen molar-refractivity contribution in [2.45, 2.75) is 26.4 Å². The summed E-state index contributed by atoms with van der Waals surface area (Å²) in [5, 5.41) is 2.85. The number of nitrogens with zero attached hydrogens (tertiary/aromatic N) is 3. The van der Waals surface area contributed by atoms with Crippen LogP contribution in [0.5, 0.6) is 0 Å². The van der Waals surface area contributed by atoms with E-state index in [2.05, 4.69) is 15.3 Å². The zero-order chi connectivity index (χ0) is 17.3. The molecule has 0 unspecified atom stereocenters. The Morgan fingerprint density at radius 1 is 1.25 bits per heavy atom. The van der Waals surface area contributed by atoms with Gasteiger partial charge >= 0.3 is 0 Å². The summed E-state index contributed by atoms with van der Waals surface area (Å²) < 4.78 is 28.3. The van der Waals surface area contributed by atoms with E-state index in [-0.39, 0.29) is 29.5 Å². The maximum atomic E-state index is 13.7. The Balaban J connectivity index is 2.00. The Hall–Kier alpha value is -2.83. The van der Waals surface area contributed by atoms with E-state index in [1.807, 2.05) is 13.8 Å². The van der Waals surface area contributed by atoms with E-state index in [0.717, 1.165) is 6.07 Å². The molecular weight excluding hydrogens is 314 g/mol. The summed E-state index contributed by atoms with van der Waals surface area (Å²) in [6.45, 7) is 3.80. The lowest BCUT2D eigenvalue weighted by Gasteiger charge is -2.15. The van der Waals surface area contributed by atoms with E-state index >= 15 is 0 Å². The molecule has 124 valence electrons. The molecule has 0 amide bonds. The number of rotatable bonds is 4. The van der Waals surface area contributed by atoms with Crippen molar-refractivity contribution < 1.29 is 8.78 Å². The molecule has 0 saturated carbocycles. The predicted octanol–water partition coefficient (Wildman–Crippen LogP) is 3.26. The first-order chi connectivity index (χ1) is 11.5. The van der Waals surface area contributed by atoms with Gasteiger partial charge in [0.15, 0.2) is 5.82 Å². The van der Waals surface area contributed by atoms with Crippen molar-refractivity contribution in [1.82, 2.24) is 14.5 Å². The number of pyridine rings is 1. The highest BCUT2D eigenvalue weighted by molar-refractivity contribution is 5.75. The zero-order valence-electron chi connectivity index (χ0n) is 13.3. The second-order valence-electron chi connectivity index (χ2n) is 5.68. The summed E-state index contributed by atoms with van der Waals surface area (Å²) in [5.74, 6) is -1.20. The van der Waals surface area contributed by atoms with Crippen LogP contribution in [0.25, 0.3) is 11.0 Å². The summed E-state index contributed by atoms with van der Waals surface area (Å²) in [4.78, 5) is 21.0. The quantitative estimate of drug-likeness (QED) is 0.798. The van der Waals surface area contributed by atoms with Gasteiger partial charge in [-0.2, -0.15) is 0 Å². The van der Waals surface area contributed by atoms with Crippen LogP contribution in [-0.4, -0.2) is 14.5 Å². The Labute approximate surface area is 137 Å². The Bertz CT molecular complexity index is 953.